The summed E-state index contributed by atoms with van der Waals surface area (Å²) < 4.78 is 67.5. The van der Waals surface area contributed by atoms with Gasteiger partial charge in [-0.3, -0.25) is 9.05 Å². The Bertz CT molecular complexity index is 2770. The van der Waals surface area contributed by atoms with Crippen LogP contribution in [-0.4, -0.2) is 168 Å². The molecule has 3 heterocycles. The van der Waals surface area contributed by atoms with E-state index in [0.29, 0.717) is 12.8 Å². The molecule has 21 nitrogen and oxygen atoms in total. The molecule has 11 N–H and O–H groups in total. The average molecular weight is 1400 g/mol. The van der Waals surface area contributed by atoms with Gasteiger partial charge in [0, 0.05) is 0 Å². The highest BCUT2D eigenvalue weighted by molar-refractivity contribution is 7.61. The summed E-state index contributed by atoms with van der Waals surface area (Å²) in [5, 5.41) is 94.1. The van der Waals surface area contributed by atoms with Crippen LogP contribution in [0, 0.1) is 0 Å². The topological polar surface area (TPSA) is 331 Å². The van der Waals surface area contributed by atoms with Crippen molar-refractivity contribution in [2.45, 2.75) is 311 Å². The van der Waals surface area contributed by atoms with E-state index in [1.54, 1.807) is 6.92 Å². The Balaban J connectivity index is 1.31. The fourth-order valence-corrected chi connectivity index (χ4v) is 13.3. The molecule has 0 aliphatic carbocycles. The first-order valence-corrected chi connectivity index (χ1v) is 37.4. The monoisotopic (exact) mass is 1400 g/mol. The van der Waals surface area contributed by atoms with Gasteiger partial charge in [-0.2, -0.15) is 4.31 Å². The maximum absolute atomic E-state index is 13.0. The van der Waals surface area contributed by atoms with Crippen molar-refractivity contribution in [1.29, 1.82) is 0 Å². The van der Waals surface area contributed by atoms with Crippen molar-refractivity contribution in [2.24, 2.45) is 0 Å². The van der Waals surface area contributed by atoms with Crippen molar-refractivity contribution in [3.05, 3.63) is 128 Å². The summed E-state index contributed by atoms with van der Waals surface area (Å²) in [6, 6.07) is 0. The molecule has 3 fully saturated rings. The van der Waals surface area contributed by atoms with Crippen LogP contribution in [0.4, 0.5) is 0 Å². The van der Waals surface area contributed by atoms with Gasteiger partial charge in [-0.05, 0) is 218 Å². The molecule has 23 heteroatoms. The van der Waals surface area contributed by atoms with Crippen molar-refractivity contribution in [1.82, 2.24) is 0 Å². The number of aliphatic hydroxyl groups excluding tert-OH is 9. The summed E-state index contributed by atoms with van der Waals surface area (Å²) in [5.41, 5.74) is 15.1. The maximum Gasteiger partial charge on any atom is 0.483 e. The highest BCUT2D eigenvalue weighted by Crippen LogP contribution is 2.61. The van der Waals surface area contributed by atoms with Gasteiger partial charge in [-0.25, -0.2) is 9.13 Å². The number of hydrogen-bond donors (Lipinski definition) is 11. The molecule has 0 bridgehead atoms. The van der Waals surface area contributed by atoms with Gasteiger partial charge in [0.15, 0.2) is 18.9 Å². The molecule has 550 valence electrons. The molecule has 0 amide bonds. The van der Waals surface area contributed by atoms with Crippen molar-refractivity contribution in [3.8, 4) is 0 Å². The average Bonchev–Trinajstić information content (AvgIpc) is 0.784. The predicted molar refractivity (Wildman–Crippen MR) is 375 cm³/mol. The van der Waals surface area contributed by atoms with Crippen LogP contribution in [0.15, 0.2) is 128 Å². The molecule has 17 unspecified atom stereocenters. The lowest BCUT2D eigenvalue weighted by Crippen LogP contribution is -2.66. The second-order valence-electron chi connectivity index (χ2n) is 26.9. The molecule has 3 saturated heterocycles. The van der Waals surface area contributed by atoms with E-state index in [-0.39, 0.29) is 0 Å². The van der Waals surface area contributed by atoms with Gasteiger partial charge < -0.3 is 79.4 Å². The van der Waals surface area contributed by atoms with E-state index in [0.717, 1.165) is 121 Å². The lowest BCUT2D eigenvalue weighted by molar-refractivity contribution is -0.373. The van der Waals surface area contributed by atoms with E-state index in [9.17, 15) is 64.9 Å². The van der Waals surface area contributed by atoms with E-state index >= 15 is 0 Å². The van der Waals surface area contributed by atoms with Crippen LogP contribution in [0.25, 0.3) is 0 Å². The van der Waals surface area contributed by atoms with Crippen LogP contribution in [0.1, 0.15) is 218 Å². The van der Waals surface area contributed by atoms with Gasteiger partial charge in [-0.1, -0.05) is 128 Å². The summed E-state index contributed by atoms with van der Waals surface area (Å²) >= 11 is 0. The molecule has 96 heavy (non-hydrogen) atoms. The number of ether oxygens (including phenoxy) is 5. The summed E-state index contributed by atoms with van der Waals surface area (Å²) in [4.78, 5) is 20.9. The first kappa shape index (κ1) is 87.1. The van der Waals surface area contributed by atoms with Crippen LogP contribution in [0.5, 0.6) is 0 Å². The van der Waals surface area contributed by atoms with Gasteiger partial charge in [-0.15, -0.1) is 0 Å². The van der Waals surface area contributed by atoms with Crippen LogP contribution < -0.4 is 0 Å². The predicted octanol–water partition coefficient (Wildman–Crippen LogP) is 12.9. The van der Waals surface area contributed by atoms with Gasteiger partial charge in [0.2, 0.25) is 0 Å². The van der Waals surface area contributed by atoms with E-state index in [4.69, 9.17) is 32.7 Å². The third-order valence-corrected chi connectivity index (χ3v) is 20.1. The van der Waals surface area contributed by atoms with Crippen molar-refractivity contribution in [3.63, 3.8) is 0 Å². The normalized spacial score (nSPS) is 29.6. The lowest BCUT2D eigenvalue weighted by atomic mass is 9.96. The SMILES string of the molecule is CC(C)=CCCC(C)=CCCC(C)=CCCC(C)=CCCC(C)=CCCC(C)=CCCC(C)=CCCC(C)=CCCC(C)=CCCC(C)=CCCC(C)=CCOP(=O)(O)OP(=O)(O)OC1OC(CO)C(O)C(OC2OC(C)C(OC3OC(CO)C(O)C(O)C3O)C(O)C2O)C1O. The minimum Gasteiger partial charge on any atom is -0.394 e. The molecule has 0 spiro atoms. The van der Waals surface area contributed by atoms with E-state index in [2.05, 4.69) is 141 Å². The molecule has 3 aliphatic heterocycles. The Kier molecular flexibility index (Phi) is 41.4. The quantitative estimate of drug-likeness (QED) is 0.0200. The van der Waals surface area contributed by atoms with Crippen LogP contribution in [0.3, 0.4) is 0 Å². The number of allylic oxidation sites excluding steroid dienone is 21. The summed E-state index contributed by atoms with van der Waals surface area (Å²) in [6.07, 6.45) is 18.6. The third kappa shape index (κ3) is 34.0. The van der Waals surface area contributed by atoms with Gasteiger partial charge >= 0.3 is 15.6 Å². The van der Waals surface area contributed by atoms with Gasteiger partial charge in [0.25, 0.3) is 0 Å². The van der Waals surface area contributed by atoms with Crippen LogP contribution in [-0.2, 0) is 46.2 Å². The molecule has 0 aromatic rings. The fourth-order valence-electron chi connectivity index (χ4n) is 11.2. The van der Waals surface area contributed by atoms with Crippen LogP contribution in [0.2, 0.25) is 0 Å². The molecule has 3 aliphatic rings. The summed E-state index contributed by atoms with van der Waals surface area (Å²) in [7, 11) is -11.0. The van der Waals surface area contributed by atoms with Gasteiger partial charge in [0.05, 0.1) is 25.9 Å². The van der Waals surface area contributed by atoms with Crippen molar-refractivity contribution >= 4 is 15.6 Å². The smallest absolute Gasteiger partial charge is 0.394 e. The van der Waals surface area contributed by atoms with Gasteiger partial charge in [0.1, 0.15) is 67.1 Å². The minimum atomic E-state index is -5.67. The molecule has 0 aromatic carbocycles. The summed E-state index contributed by atoms with van der Waals surface area (Å²) in [5.74, 6) is 0. The Morgan fingerprint density at radius 3 is 1.01 bits per heavy atom. The number of phosphoric acid groups is 2. The molecule has 3 rings (SSSR count). The second-order valence-corrected chi connectivity index (χ2v) is 29.9. The van der Waals surface area contributed by atoms with Crippen molar-refractivity contribution < 1.29 is 102 Å². The summed E-state index contributed by atoms with van der Waals surface area (Å²) in [6.45, 7) is 25.2. The van der Waals surface area contributed by atoms with Crippen molar-refractivity contribution in [2.75, 3.05) is 19.8 Å². The maximum atomic E-state index is 13.0. The first-order chi connectivity index (χ1) is 45.3. The largest absolute Gasteiger partial charge is 0.483 e. The standard InChI is InChI=1S/C73H122O21P2/c1-48(2)24-14-25-49(3)26-15-27-50(4)28-16-29-51(5)30-17-31-52(6)32-18-33-53(7)34-19-35-54(8)36-20-37-55(9)38-21-39-56(10)40-22-41-57(11)42-23-43-58(12)44-45-87-95(83,84)94-96(85,86)93-73-68(82)70(63(77)61(47-75)90-73)92-71-67(81)65(79)69(59(13)88-71)91-72-66(80)64(78)62(76)60(46-74)89-72/h24,26,28,30,32,34,36,38,40,42,44,59-82H,14-23,25,27,29,31,33,35,37,39,41,43,45-47H2,1-13H3,(H,83,84)(H,85,86). The molecular weight excluding hydrogens is 1270 g/mol. The zero-order chi connectivity index (χ0) is 71.7. The Labute approximate surface area is 573 Å². The highest BCUT2D eigenvalue weighted by atomic mass is 31.3. The number of aliphatic hydroxyl groups is 9. The number of phosphoric ester groups is 2. The van der Waals surface area contributed by atoms with E-state index < -0.39 is 128 Å². The van der Waals surface area contributed by atoms with E-state index in [1.807, 2.05) is 0 Å². The molecule has 17 atom stereocenters. The molecule has 0 saturated carbocycles. The van der Waals surface area contributed by atoms with Crippen LogP contribution >= 0.6 is 15.6 Å². The minimum absolute atomic E-state index is 0.496. The second kappa shape index (κ2) is 45.7. The lowest BCUT2D eigenvalue weighted by Gasteiger charge is -2.47. The number of hydrogen-bond acceptors (Lipinski definition) is 19. The number of rotatable bonds is 43. The molecule has 0 radical (unpaired) electrons. The third-order valence-electron chi connectivity index (χ3n) is 17.5. The highest BCUT2D eigenvalue weighted by Gasteiger charge is 2.54. The first-order valence-electron chi connectivity index (χ1n) is 34.4. The zero-order valence-corrected chi connectivity index (χ0v) is 61.5. The van der Waals surface area contributed by atoms with E-state index in [1.165, 1.54) is 68.7 Å². The molecule has 0 aromatic heterocycles. The zero-order valence-electron chi connectivity index (χ0n) is 59.7. The fraction of sp³-hybridized carbons (Fsp3) is 0.699. The Morgan fingerprint density at radius 1 is 0.354 bits per heavy atom. The Morgan fingerprint density at radius 2 is 0.656 bits per heavy atom. The Hall–Kier alpha value is -3.16. The molecular formula is C73H122O21P2.